The van der Waals surface area contributed by atoms with Crippen LogP contribution in [-0.2, 0) is 25.5 Å². The molecular formula is C33H40F2N4O6. The number of methoxy groups -OCH3 is 1. The molecule has 1 aliphatic carbocycles. The number of hydrogen-bond donors (Lipinski definition) is 2. The Bertz CT molecular complexity index is 1530. The van der Waals surface area contributed by atoms with Gasteiger partial charge in [0.1, 0.15) is 11.3 Å². The van der Waals surface area contributed by atoms with Gasteiger partial charge in [-0.05, 0) is 69.2 Å². The van der Waals surface area contributed by atoms with Gasteiger partial charge in [-0.15, -0.1) is 0 Å². The smallest absolute Gasteiger partial charge is 0.306 e. The number of aryl methyl sites for hydroxylation is 1. The molecule has 3 heterocycles. The highest BCUT2D eigenvalue weighted by atomic mass is 19.1. The molecule has 0 bridgehead atoms. The van der Waals surface area contributed by atoms with E-state index in [1.54, 1.807) is 32.2 Å². The number of hydrogen-bond acceptors (Lipinski definition) is 8. The zero-order valence-electron chi connectivity index (χ0n) is 25.6. The molecule has 2 saturated heterocycles. The Morgan fingerprint density at radius 2 is 1.80 bits per heavy atom. The first kappa shape index (κ1) is 31.4. The fraction of sp³-hybridized carbons (Fsp3) is 0.545. The van der Waals surface area contributed by atoms with Crippen LogP contribution in [-0.4, -0.2) is 89.4 Å². The van der Waals surface area contributed by atoms with E-state index in [4.69, 9.17) is 13.9 Å². The minimum absolute atomic E-state index is 0.0270. The summed E-state index contributed by atoms with van der Waals surface area (Å²) in [7, 11) is 1.70. The Kier molecular flexibility index (Phi) is 9.34. The molecule has 242 valence electrons. The molecule has 12 heteroatoms. The van der Waals surface area contributed by atoms with Gasteiger partial charge in [-0.2, -0.15) is 4.98 Å². The SMILES string of the molecule is COC1CN(C[C@@H]2CC[C@@H](COC3CCC(C(=O)O)CC3)N2C(=O)Cc2ccc3nc(Nc4cc(F)ccc4C)oc3c2F)C1. The Hall–Kier alpha value is -3.61. The molecule has 2 aromatic carbocycles. The third-order valence-electron chi connectivity index (χ3n) is 9.54. The molecule has 1 saturated carbocycles. The standard InChI is InChI=1S/C33H40F2N4O6/c1-19-3-7-22(34)14-28(19)37-33-36-27-12-6-21(30(35)31(27)45-33)13-29(40)39-23(15-38-16-26(17-38)43-2)8-9-24(39)18-44-25-10-4-20(5-11-25)32(41)42/h3,6-7,12,14,20,23-26H,4-5,8-11,13,15-18H2,1-2H3,(H,36,37)(H,41,42)/t20?,23-,24-,25?/m0/s1. The van der Waals surface area contributed by atoms with Crippen molar-refractivity contribution in [3.63, 3.8) is 0 Å². The average Bonchev–Trinajstić information content (AvgIpc) is 3.61. The number of anilines is 2. The van der Waals surface area contributed by atoms with Crippen LogP contribution in [0.15, 0.2) is 34.7 Å². The highest BCUT2D eigenvalue weighted by Crippen LogP contribution is 2.32. The number of carboxylic acid groups (broad SMARTS) is 1. The summed E-state index contributed by atoms with van der Waals surface area (Å²) in [6.45, 7) is 4.50. The van der Waals surface area contributed by atoms with Crippen LogP contribution in [0.1, 0.15) is 49.7 Å². The number of amides is 1. The van der Waals surface area contributed by atoms with Crippen LogP contribution in [0.3, 0.4) is 0 Å². The molecule has 2 aliphatic heterocycles. The van der Waals surface area contributed by atoms with E-state index >= 15 is 4.39 Å². The summed E-state index contributed by atoms with van der Waals surface area (Å²) in [5.41, 5.74) is 1.65. The van der Waals surface area contributed by atoms with Gasteiger partial charge >= 0.3 is 5.97 Å². The lowest BCUT2D eigenvalue weighted by atomic mass is 9.87. The van der Waals surface area contributed by atoms with E-state index in [9.17, 15) is 19.1 Å². The molecule has 2 atom stereocenters. The Morgan fingerprint density at radius 3 is 2.53 bits per heavy atom. The van der Waals surface area contributed by atoms with Crippen molar-refractivity contribution in [2.24, 2.45) is 5.92 Å². The highest BCUT2D eigenvalue weighted by molar-refractivity contribution is 5.83. The van der Waals surface area contributed by atoms with Crippen LogP contribution < -0.4 is 5.32 Å². The van der Waals surface area contributed by atoms with E-state index in [-0.39, 0.29) is 65.2 Å². The first-order chi connectivity index (χ1) is 21.7. The normalized spacial score (nSPS) is 24.2. The monoisotopic (exact) mass is 626 g/mol. The first-order valence-corrected chi connectivity index (χ1v) is 15.7. The van der Waals surface area contributed by atoms with Gasteiger partial charge in [-0.1, -0.05) is 12.1 Å². The summed E-state index contributed by atoms with van der Waals surface area (Å²) >= 11 is 0. The number of carbonyl (C=O) groups is 2. The van der Waals surface area contributed by atoms with Crippen molar-refractivity contribution in [3.05, 3.63) is 53.1 Å². The molecule has 45 heavy (non-hydrogen) atoms. The number of nitrogens with one attached hydrogen (secondary N) is 1. The van der Waals surface area contributed by atoms with Gasteiger partial charge in [0.15, 0.2) is 11.4 Å². The molecule has 0 spiro atoms. The number of carboxylic acids is 1. The summed E-state index contributed by atoms with van der Waals surface area (Å²) in [5, 5.41) is 12.2. The van der Waals surface area contributed by atoms with E-state index in [0.717, 1.165) is 31.5 Å². The summed E-state index contributed by atoms with van der Waals surface area (Å²) < 4.78 is 46.9. The number of rotatable bonds is 11. The average molecular weight is 627 g/mol. The maximum absolute atomic E-state index is 15.8. The van der Waals surface area contributed by atoms with Gasteiger partial charge in [0, 0.05) is 44.0 Å². The van der Waals surface area contributed by atoms with E-state index in [1.165, 1.54) is 12.1 Å². The van der Waals surface area contributed by atoms with Crippen molar-refractivity contribution >= 4 is 34.7 Å². The van der Waals surface area contributed by atoms with Crippen LogP contribution in [0.2, 0.25) is 0 Å². The largest absolute Gasteiger partial charge is 0.481 e. The van der Waals surface area contributed by atoms with Crippen LogP contribution in [0, 0.1) is 24.5 Å². The van der Waals surface area contributed by atoms with E-state index in [1.807, 2.05) is 4.90 Å². The predicted octanol–water partition coefficient (Wildman–Crippen LogP) is 5.05. The van der Waals surface area contributed by atoms with Gasteiger partial charge < -0.3 is 29.2 Å². The zero-order valence-corrected chi connectivity index (χ0v) is 25.6. The van der Waals surface area contributed by atoms with Crippen LogP contribution in [0.4, 0.5) is 20.5 Å². The lowest BCUT2D eigenvalue weighted by Gasteiger charge is -2.42. The number of nitrogens with zero attached hydrogens (tertiary/aromatic N) is 3. The number of oxazole rings is 1. The molecule has 0 unspecified atom stereocenters. The fourth-order valence-electron chi connectivity index (χ4n) is 6.84. The van der Waals surface area contributed by atoms with Gasteiger partial charge in [-0.25, -0.2) is 8.78 Å². The number of ether oxygens (including phenoxy) is 2. The second kappa shape index (κ2) is 13.4. The van der Waals surface area contributed by atoms with Gasteiger partial charge in [0.25, 0.3) is 6.01 Å². The molecule has 10 nitrogen and oxygen atoms in total. The fourth-order valence-corrected chi connectivity index (χ4v) is 6.84. The number of aromatic nitrogens is 1. The molecule has 6 rings (SSSR count). The zero-order chi connectivity index (χ0) is 31.7. The maximum atomic E-state index is 15.8. The Morgan fingerprint density at radius 1 is 1.04 bits per heavy atom. The molecule has 3 fully saturated rings. The third kappa shape index (κ3) is 6.97. The molecule has 1 aromatic heterocycles. The van der Waals surface area contributed by atoms with E-state index in [0.29, 0.717) is 44.5 Å². The quantitative estimate of drug-likeness (QED) is 0.302. The minimum Gasteiger partial charge on any atom is -0.481 e. The van der Waals surface area contributed by atoms with Crippen molar-refractivity contribution in [1.29, 1.82) is 0 Å². The number of benzene rings is 2. The number of carbonyl (C=O) groups excluding carboxylic acids is 1. The second-order valence-corrected chi connectivity index (χ2v) is 12.6. The first-order valence-electron chi connectivity index (χ1n) is 15.7. The molecule has 2 N–H and O–H groups in total. The third-order valence-corrected chi connectivity index (χ3v) is 9.54. The molecule has 1 amide bonds. The summed E-state index contributed by atoms with van der Waals surface area (Å²) in [4.78, 5) is 33.7. The number of halogens is 2. The van der Waals surface area contributed by atoms with E-state index < -0.39 is 17.6 Å². The summed E-state index contributed by atoms with van der Waals surface area (Å²) in [6.07, 6.45) is 4.17. The minimum atomic E-state index is -0.754. The topological polar surface area (TPSA) is 117 Å². The van der Waals surface area contributed by atoms with Crippen molar-refractivity contribution in [1.82, 2.24) is 14.8 Å². The maximum Gasteiger partial charge on any atom is 0.306 e. The lowest BCUT2D eigenvalue weighted by molar-refractivity contribution is -0.144. The molecular weight excluding hydrogens is 586 g/mol. The van der Waals surface area contributed by atoms with Crippen molar-refractivity contribution in [2.75, 3.05) is 38.7 Å². The van der Waals surface area contributed by atoms with Crippen LogP contribution in [0.5, 0.6) is 0 Å². The van der Waals surface area contributed by atoms with Crippen molar-refractivity contribution in [3.8, 4) is 0 Å². The molecule has 3 aromatic rings. The van der Waals surface area contributed by atoms with Gasteiger partial charge in [0.2, 0.25) is 5.91 Å². The Labute approximate surface area is 260 Å². The Balaban J connectivity index is 1.15. The van der Waals surface area contributed by atoms with Gasteiger partial charge in [0.05, 0.1) is 37.2 Å². The highest BCUT2D eigenvalue weighted by Gasteiger charge is 2.40. The lowest BCUT2D eigenvalue weighted by Crippen LogP contribution is -2.57. The van der Waals surface area contributed by atoms with Crippen molar-refractivity contribution < 1.29 is 37.4 Å². The number of fused-ring (bicyclic) bond motifs is 1. The summed E-state index contributed by atoms with van der Waals surface area (Å²) in [6, 6.07) is 7.31. The molecule has 3 aliphatic rings. The predicted molar refractivity (Wildman–Crippen MR) is 162 cm³/mol. The van der Waals surface area contributed by atoms with Crippen molar-refractivity contribution in [2.45, 2.75) is 76.2 Å². The second-order valence-electron chi connectivity index (χ2n) is 12.6. The van der Waals surface area contributed by atoms with E-state index in [2.05, 4.69) is 15.2 Å². The summed E-state index contributed by atoms with van der Waals surface area (Å²) in [5.74, 6) is -2.33. The number of aliphatic carboxylic acids is 1. The van der Waals surface area contributed by atoms with Gasteiger partial charge in [-0.3, -0.25) is 14.5 Å². The van der Waals surface area contributed by atoms with Crippen LogP contribution >= 0.6 is 0 Å². The van der Waals surface area contributed by atoms with Crippen LogP contribution in [0.25, 0.3) is 11.1 Å². The molecule has 0 radical (unpaired) electrons. The number of likely N-dealkylation sites (tertiary alicyclic amines) is 2.